The summed E-state index contributed by atoms with van der Waals surface area (Å²) in [6, 6.07) is 9.51. The lowest BCUT2D eigenvalue weighted by molar-refractivity contribution is -0.327. The largest absolute Gasteiger partial charge is 0.468 e. The first-order chi connectivity index (χ1) is 17.3. The molecule has 0 aliphatic carbocycles. The van der Waals surface area contributed by atoms with E-state index in [1.54, 1.807) is 13.0 Å². The predicted molar refractivity (Wildman–Crippen MR) is 123 cm³/mol. The van der Waals surface area contributed by atoms with Crippen LogP contribution in [0.15, 0.2) is 53.8 Å². The maximum Gasteiger partial charge on any atom is 0.337 e. The smallest absolute Gasteiger partial charge is 0.337 e. The summed E-state index contributed by atoms with van der Waals surface area (Å²) in [7, 11) is 1.20. The number of carbonyl (C=O) groups excluding carboxylic acids is 2. The number of benzene rings is 1. The third-order valence-electron chi connectivity index (χ3n) is 6.10. The second-order valence-corrected chi connectivity index (χ2v) is 8.37. The van der Waals surface area contributed by atoms with Gasteiger partial charge in [0.05, 0.1) is 38.6 Å². The Kier molecular flexibility index (Phi) is 9.99. The first-order valence-electron chi connectivity index (χ1n) is 11.6. The summed E-state index contributed by atoms with van der Waals surface area (Å²) in [6.07, 6.45) is -5.72. The van der Waals surface area contributed by atoms with Crippen LogP contribution in [0.5, 0.6) is 0 Å². The van der Waals surface area contributed by atoms with Crippen molar-refractivity contribution in [1.82, 2.24) is 0 Å². The van der Waals surface area contributed by atoms with E-state index in [0.717, 1.165) is 11.8 Å². The highest BCUT2D eigenvalue weighted by Gasteiger charge is 2.46. The molecule has 2 aliphatic rings. The number of allylic oxidation sites excluding steroid dienone is 1. The number of carbonyl (C=O) groups is 2. The number of methoxy groups -OCH3 is 1. The molecule has 1 aromatic carbocycles. The SMILES string of the molecule is C/C=C1/[C@H](O[C@@H]2O[C@H](CO)[C@@H](O)[C@H](O)[C@H]2O)OC=C(C(=O)OC)[C@H]1CC(=O)OCCc1ccccc1. The second-order valence-electron chi connectivity index (χ2n) is 8.37. The highest BCUT2D eigenvalue weighted by Crippen LogP contribution is 2.36. The highest BCUT2D eigenvalue weighted by molar-refractivity contribution is 5.90. The minimum atomic E-state index is -1.66. The summed E-state index contributed by atoms with van der Waals surface area (Å²) in [5, 5.41) is 39.7. The monoisotopic (exact) mass is 508 g/mol. The van der Waals surface area contributed by atoms with Crippen LogP contribution in [0.3, 0.4) is 0 Å². The molecule has 1 fully saturated rings. The third-order valence-corrected chi connectivity index (χ3v) is 6.10. The molecule has 1 saturated heterocycles. The van der Waals surface area contributed by atoms with Crippen molar-refractivity contribution < 1.29 is 53.7 Å². The number of hydrogen-bond acceptors (Lipinski definition) is 11. The molecular weight excluding hydrogens is 476 g/mol. The summed E-state index contributed by atoms with van der Waals surface area (Å²) in [6.45, 7) is 1.17. The molecule has 2 heterocycles. The summed E-state index contributed by atoms with van der Waals surface area (Å²) < 4.78 is 26.9. The molecule has 0 radical (unpaired) electrons. The molecule has 0 aromatic heterocycles. The number of rotatable bonds is 9. The van der Waals surface area contributed by atoms with Gasteiger partial charge in [-0.05, 0) is 12.5 Å². The van der Waals surface area contributed by atoms with E-state index >= 15 is 0 Å². The van der Waals surface area contributed by atoms with Crippen LogP contribution in [0.4, 0.5) is 0 Å². The first kappa shape index (κ1) is 27.8. The molecule has 0 saturated carbocycles. The molecule has 3 rings (SSSR count). The molecule has 1 aromatic rings. The molecule has 2 aliphatic heterocycles. The van der Waals surface area contributed by atoms with Crippen molar-refractivity contribution in [2.45, 2.75) is 56.8 Å². The molecule has 7 atom stereocenters. The van der Waals surface area contributed by atoms with E-state index < -0.39 is 61.5 Å². The van der Waals surface area contributed by atoms with Crippen molar-refractivity contribution in [1.29, 1.82) is 0 Å². The summed E-state index contributed by atoms with van der Waals surface area (Å²) in [5.41, 5.74) is 1.43. The van der Waals surface area contributed by atoms with Gasteiger partial charge in [-0.25, -0.2) is 4.79 Å². The molecule has 198 valence electrons. The fraction of sp³-hybridized carbons (Fsp3) is 0.520. The maximum atomic E-state index is 12.7. The fourth-order valence-corrected chi connectivity index (χ4v) is 4.08. The van der Waals surface area contributed by atoms with E-state index in [1.165, 1.54) is 7.11 Å². The number of aliphatic hydroxyl groups is 4. The molecule has 0 unspecified atom stereocenters. The Morgan fingerprint density at radius 3 is 2.44 bits per heavy atom. The number of ether oxygens (including phenoxy) is 5. The van der Waals surface area contributed by atoms with Gasteiger partial charge in [-0.3, -0.25) is 4.79 Å². The van der Waals surface area contributed by atoms with E-state index in [-0.39, 0.29) is 18.6 Å². The number of hydrogen-bond donors (Lipinski definition) is 4. The molecule has 0 bridgehead atoms. The van der Waals surface area contributed by atoms with Gasteiger partial charge < -0.3 is 44.1 Å². The molecule has 0 spiro atoms. The van der Waals surface area contributed by atoms with Crippen LogP contribution < -0.4 is 0 Å². The van der Waals surface area contributed by atoms with Gasteiger partial charge in [0.25, 0.3) is 0 Å². The van der Waals surface area contributed by atoms with Crippen molar-refractivity contribution >= 4 is 11.9 Å². The zero-order valence-electron chi connectivity index (χ0n) is 20.1. The van der Waals surface area contributed by atoms with Crippen LogP contribution in [0, 0.1) is 5.92 Å². The summed E-state index contributed by atoms with van der Waals surface area (Å²) in [5.74, 6) is -2.09. The quantitative estimate of drug-likeness (QED) is 0.262. The Labute approximate surface area is 208 Å². The zero-order chi connectivity index (χ0) is 26.2. The minimum absolute atomic E-state index is 0.0688. The molecule has 11 heteroatoms. The normalized spacial score (nSPS) is 31.3. The van der Waals surface area contributed by atoms with Crippen molar-refractivity contribution in [2.75, 3.05) is 20.3 Å². The van der Waals surface area contributed by atoms with Crippen LogP contribution in [-0.2, 0) is 39.7 Å². The lowest BCUT2D eigenvalue weighted by Crippen LogP contribution is -2.60. The van der Waals surface area contributed by atoms with Crippen LogP contribution in [0.1, 0.15) is 18.9 Å². The Hall–Kier alpha value is -2.80. The molecule has 4 N–H and O–H groups in total. The van der Waals surface area contributed by atoms with Gasteiger partial charge in [-0.15, -0.1) is 0 Å². The van der Waals surface area contributed by atoms with Crippen LogP contribution in [-0.4, -0.2) is 89.7 Å². The van der Waals surface area contributed by atoms with Gasteiger partial charge in [0, 0.05) is 17.9 Å². The number of esters is 2. The van der Waals surface area contributed by atoms with E-state index in [0.29, 0.717) is 12.0 Å². The second kappa shape index (κ2) is 12.9. The first-order valence-corrected chi connectivity index (χ1v) is 11.6. The predicted octanol–water partition coefficient (Wildman–Crippen LogP) is -0.0454. The maximum absolute atomic E-state index is 12.7. The average molecular weight is 509 g/mol. The van der Waals surface area contributed by atoms with Crippen molar-refractivity contribution in [3.05, 3.63) is 59.4 Å². The van der Waals surface area contributed by atoms with Crippen molar-refractivity contribution in [3.63, 3.8) is 0 Å². The van der Waals surface area contributed by atoms with Crippen LogP contribution in [0.2, 0.25) is 0 Å². The van der Waals surface area contributed by atoms with Gasteiger partial charge in [0.2, 0.25) is 6.29 Å². The number of aliphatic hydroxyl groups excluding tert-OH is 4. The van der Waals surface area contributed by atoms with Gasteiger partial charge in [-0.2, -0.15) is 0 Å². The van der Waals surface area contributed by atoms with Gasteiger partial charge in [0.15, 0.2) is 6.29 Å². The Morgan fingerprint density at radius 2 is 1.81 bits per heavy atom. The summed E-state index contributed by atoms with van der Waals surface area (Å²) >= 11 is 0. The fourth-order valence-electron chi connectivity index (χ4n) is 4.08. The molecule has 36 heavy (non-hydrogen) atoms. The van der Waals surface area contributed by atoms with Gasteiger partial charge in [0.1, 0.15) is 24.4 Å². The van der Waals surface area contributed by atoms with E-state index in [4.69, 9.17) is 23.7 Å². The third kappa shape index (κ3) is 6.49. The van der Waals surface area contributed by atoms with Crippen molar-refractivity contribution in [3.8, 4) is 0 Å². The molecular formula is C25H32O11. The Balaban J connectivity index is 1.72. The highest BCUT2D eigenvalue weighted by atomic mass is 16.8. The topological polar surface area (TPSA) is 161 Å². The van der Waals surface area contributed by atoms with E-state index in [1.807, 2.05) is 30.3 Å². The van der Waals surface area contributed by atoms with Crippen molar-refractivity contribution in [2.24, 2.45) is 5.92 Å². The lowest BCUT2D eigenvalue weighted by atomic mass is 9.86. The van der Waals surface area contributed by atoms with E-state index in [9.17, 15) is 30.0 Å². The van der Waals surface area contributed by atoms with Crippen LogP contribution >= 0.6 is 0 Å². The Bertz CT molecular complexity index is 943. The van der Waals surface area contributed by atoms with Crippen LogP contribution in [0.25, 0.3) is 0 Å². The Morgan fingerprint density at radius 1 is 1.08 bits per heavy atom. The molecule has 0 amide bonds. The molecule has 11 nitrogen and oxygen atoms in total. The standard InChI is InChI=1S/C25H32O11/c1-3-15-16(11-19(27)33-10-9-14-7-5-4-6-8-14)17(23(31)32-2)13-34-24(15)36-25-22(30)21(29)20(28)18(12-26)35-25/h3-8,13,16,18,20-22,24-26,28-30H,9-12H2,1-2H3/b15-3+/t16-,18+,20+,21-,22+,24-,25-/m0/s1. The van der Waals surface area contributed by atoms with Gasteiger partial charge in [-0.1, -0.05) is 36.4 Å². The van der Waals surface area contributed by atoms with E-state index in [2.05, 4.69) is 0 Å². The lowest BCUT2D eigenvalue weighted by Gasteiger charge is -2.41. The zero-order valence-corrected chi connectivity index (χ0v) is 20.1. The van der Waals surface area contributed by atoms with Gasteiger partial charge >= 0.3 is 11.9 Å². The summed E-state index contributed by atoms with van der Waals surface area (Å²) in [4.78, 5) is 25.1. The average Bonchev–Trinajstić information content (AvgIpc) is 2.89. The minimum Gasteiger partial charge on any atom is -0.468 e.